The van der Waals surface area contributed by atoms with Crippen LogP contribution in [0.1, 0.15) is 110 Å². The highest BCUT2D eigenvalue weighted by atomic mass is 14.4. The molecule has 0 aromatic heterocycles. The first-order valence-electron chi connectivity index (χ1n) is 10.6. The van der Waals surface area contributed by atoms with Crippen molar-refractivity contribution < 1.29 is 0 Å². The van der Waals surface area contributed by atoms with Gasteiger partial charge in [-0.25, -0.2) is 0 Å². The number of nitrogens with zero attached hydrogens (tertiary/aromatic N) is 1. The first-order valence-corrected chi connectivity index (χ1v) is 10.6. The number of unbranched alkanes of at least 4 members (excludes halogenated alkanes) is 3. The maximum absolute atomic E-state index is 9.74. The van der Waals surface area contributed by atoms with Crippen molar-refractivity contribution in [3.63, 3.8) is 0 Å². The first kappa shape index (κ1) is 18.8. The minimum atomic E-state index is 0.0453. The Bertz CT molecular complexity index is 351. The molecular weight excluding hydrogens is 278 g/mol. The summed E-state index contributed by atoms with van der Waals surface area (Å²) in [7, 11) is 0. The summed E-state index contributed by atoms with van der Waals surface area (Å²) in [6.45, 7) is 4.59. The largest absolute Gasteiger partial charge is 0.198 e. The fourth-order valence-corrected chi connectivity index (χ4v) is 5.33. The molecule has 0 atom stereocenters. The van der Waals surface area contributed by atoms with Crippen LogP contribution < -0.4 is 0 Å². The van der Waals surface area contributed by atoms with Crippen molar-refractivity contribution in [1.29, 1.82) is 5.26 Å². The highest BCUT2D eigenvalue weighted by molar-refractivity contribution is 5.02. The second-order valence-electron chi connectivity index (χ2n) is 8.61. The summed E-state index contributed by atoms with van der Waals surface area (Å²) in [4.78, 5) is 0. The Morgan fingerprint density at radius 3 is 2.04 bits per heavy atom. The van der Waals surface area contributed by atoms with Crippen LogP contribution in [0.25, 0.3) is 0 Å². The maximum Gasteiger partial charge on any atom is 0.0689 e. The van der Waals surface area contributed by atoms with E-state index in [-0.39, 0.29) is 5.41 Å². The minimum Gasteiger partial charge on any atom is -0.198 e. The summed E-state index contributed by atoms with van der Waals surface area (Å²) < 4.78 is 0. The lowest BCUT2D eigenvalue weighted by molar-refractivity contribution is 0.115. The lowest BCUT2D eigenvalue weighted by Crippen LogP contribution is -2.31. The Hall–Kier alpha value is -0.510. The third kappa shape index (κ3) is 5.51. The molecule has 132 valence electrons. The van der Waals surface area contributed by atoms with Gasteiger partial charge in [0.2, 0.25) is 0 Å². The van der Waals surface area contributed by atoms with E-state index in [1.807, 2.05) is 0 Å². The van der Waals surface area contributed by atoms with Gasteiger partial charge in [0.1, 0.15) is 0 Å². The SMILES string of the molecule is CCCCCCC1(C#N)CCC(C2CCC(CCC)CC2)CC1. The van der Waals surface area contributed by atoms with E-state index in [2.05, 4.69) is 19.9 Å². The molecule has 0 unspecified atom stereocenters. The molecule has 0 bridgehead atoms. The van der Waals surface area contributed by atoms with Gasteiger partial charge in [0.05, 0.1) is 11.5 Å². The van der Waals surface area contributed by atoms with Crippen molar-refractivity contribution >= 4 is 0 Å². The quantitative estimate of drug-likeness (QED) is 0.432. The molecule has 0 radical (unpaired) electrons. The fourth-order valence-electron chi connectivity index (χ4n) is 5.33. The van der Waals surface area contributed by atoms with E-state index in [4.69, 9.17) is 0 Å². The standard InChI is InChI=1S/C22H39N/c1-3-5-6-7-15-22(18-23)16-13-21(14-17-22)20-11-9-19(8-4-2)10-12-20/h19-21H,3-17H2,1-2H3. The van der Waals surface area contributed by atoms with Gasteiger partial charge in [0.15, 0.2) is 0 Å². The van der Waals surface area contributed by atoms with Crippen molar-refractivity contribution in [2.45, 2.75) is 110 Å². The van der Waals surface area contributed by atoms with E-state index < -0.39 is 0 Å². The first-order chi connectivity index (χ1) is 11.2. The molecule has 2 aliphatic carbocycles. The van der Waals surface area contributed by atoms with Gasteiger partial charge in [-0.3, -0.25) is 0 Å². The van der Waals surface area contributed by atoms with Gasteiger partial charge in [-0.15, -0.1) is 0 Å². The van der Waals surface area contributed by atoms with Crippen LogP contribution in [0.2, 0.25) is 0 Å². The zero-order chi connectivity index (χ0) is 16.5. The second-order valence-corrected chi connectivity index (χ2v) is 8.61. The summed E-state index contributed by atoms with van der Waals surface area (Å²) in [5.74, 6) is 2.95. The van der Waals surface area contributed by atoms with Gasteiger partial charge >= 0.3 is 0 Å². The number of nitriles is 1. The zero-order valence-electron chi connectivity index (χ0n) is 15.8. The van der Waals surface area contributed by atoms with Crippen molar-refractivity contribution in [3.05, 3.63) is 0 Å². The average molecular weight is 318 g/mol. The van der Waals surface area contributed by atoms with E-state index in [1.54, 1.807) is 0 Å². The number of hydrogen-bond acceptors (Lipinski definition) is 1. The van der Waals surface area contributed by atoms with Crippen LogP contribution in [-0.2, 0) is 0 Å². The van der Waals surface area contributed by atoms with Crippen LogP contribution in [0.3, 0.4) is 0 Å². The Morgan fingerprint density at radius 2 is 1.48 bits per heavy atom. The minimum absolute atomic E-state index is 0.0453. The van der Waals surface area contributed by atoms with Crippen LogP contribution in [0, 0.1) is 34.5 Å². The summed E-state index contributed by atoms with van der Waals surface area (Å²) in [5.41, 5.74) is 0.0453. The lowest BCUT2D eigenvalue weighted by Gasteiger charge is -2.41. The molecule has 2 aliphatic rings. The van der Waals surface area contributed by atoms with Crippen molar-refractivity contribution in [3.8, 4) is 6.07 Å². The molecule has 0 spiro atoms. The molecule has 0 heterocycles. The van der Waals surface area contributed by atoms with Crippen LogP contribution in [0.5, 0.6) is 0 Å². The van der Waals surface area contributed by atoms with Crippen LogP contribution in [-0.4, -0.2) is 0 Å². The van der Waals surface area contributed by atoms with Crippen molar-refractivity contribution in [2.24, 2.45) is 23.2 Å². The highest BCUT2D eigenvalue weighted by Crippen LogP contribution is 2.47. The molecule has 2 rings (SSSR count). The Kier molecular flexibility index (Phi) is 7.94. The van der Waals surface area contributed by atoms with Crippen LogP contribution in [0.15, 0.2) is 0 Å². The van der Waals surface area contributed by atoms with Gasteiger partial charge < -0.3 is 0 Å². The molecule has 1 nitrogen and oxygen atoms in total. The van der Waals surface area contributed by atoms with Gasteiger partial charge in [0, 0.05) is 0 Å². The van der Waals surface area contributed by atoms with Gasteiger partial charge in [-0.2, -0.15) is 5.26 Å². The van der Waals surface area contributed by atoms with Gasteiger partial charge in [-0.05, 0) is 62.7 Å². The monoisotopic (exact) mass is 317 g/mol. The smallest absolute Gasteiger partial charge is 0.0689 e. The predicted molar refractivity (Wildman–Crippen MR) is 99.1 cm³/mol. The molecule has 2 fully saturated rings. The van der Waals surface area contributed by atoms with Gasteiger partial charge in [-0.1, -0.05) is 65.2 Å². The molecule has 1 heteroatoms. The summed E-state index contributed by atoms with van der Waals surface area (Å²) in [6, 6.07) is 2.74. The summed E-state index contributed by atoms with van der Waals surface area (Å²) >= 11 is 0. The van der Waals surface area contributed by atoms with Crippen LogP contribution in [0.4, 0.5) is 0 Å². The predicted octanol–water partition coefficient (Wildman–Crippen LogP) is 7.26. The molecule has 0 saturated heterocycles. The highest BCUT2D eigenvalue weighted by Gasteiger charge is 2.38. The molecule has 23 heavy (non-hydrogen) atoms. The van der Waals surface area contributed by atoms with E-state index >= 15 is 0 Å². The molecule has 0 aromatic carbocycles. The Morgan fingerprint density at radius 1 is 0.826 bits per heavy atom. The van der Waals surface area contributed by atoms with Crippen molar-refractivity contribution in [1.82, 2.24) is 0 Å². The number of rotatable bonds is 8. The summed E-state index contributed by atoms with van der Waals surface area (Å²) in [6.07, 6.45) is 20.2. The summed E-state index contributed by atoms with van der Waals surface area (Å²) in [5, 5.41) is 9.74. The van der Waals surface area contributed by atoms with E-state index in [1.165, 1.54) is 96.3 Å². The molecule has 0 aromatic rings. The van der Waals surface area contributed by atoms with E-state index in [0.717, 1.165) is 17.8 Å². The van der Waals surface area contributed by atoms with Crippen LogP contribution >= 0.6 is 0 Å². The number of hydrogen-bond donors (Lipinski definition) is 0. The third-order valence-electron chi connectivity index (χ3n) is 6.99. The van der Waals surface area contributed by atoms with E-state index in [9.17, 15) is 5.26 Å². The zero-order valence-corrected chi connectivity index (χ0v) is 15.8. The fraction of sp³-hybridized carbons (Fsp3) is 0.955. The average Bonchev–Trinajstić information content (AvgIpc) is 2.60. The topological polar surface area (TPSA) is 23.8 Å². The molecule has 0 amide bonds. The van der Waals surface area contributed by atoms with Crippen molar-refractivity contribution in [2.75, 3.05) is 0 Å². The third-order valence-corrected chi connectivity index (χ3v) is 6.99. The maximum atomic E-state index is 9.74. The normalized spacial score (nSPS) is 34.9. The Labute approximate surface area is 145 Å². The van der Waals surface area contributed by atoms with E-state index in [0.29, 0.717) is 0 Å². The molecular formula is C22H39N. The molecule has 0 aliphatic heterocycles. The lowest BCUT2D eigenvalue weighted by atomic mass is 9.63. The van der Waals surface area contributed by atoms with Gasteiger partial charge in [0.25, 0.3) is 0 Å². The molecule has 0 N–H and O–H groups in total. The molecule has 2 saturated carbocycles. The second kappa shape index (κ2) is 9.71. The Balaban J connectivity index is 1.73.